The molecule has 0 N–H and O–H groups in total. The van der Waals surface area contributed by atoms with Crippen LogP contribution in [-0.2, 0) is 0 Å². The molecule has 0 aliphatic carbocycles. The normalized spacial score (nSPS) is 11.5. The molecule has 2 nitrogen and oxygen atoms in total. The van der Waals surface area contributed by atoms with Gasteiger partial charge in [-0.25, -0.2) is 0 Å². The van der Waals surface area contributed by atoms with Crippen LogP contribution in [0.25, 0.3) is 76.9 Å². The molecule has 10 rings (SSSR count). The molecule has 0 saturated heterocycles. The first kappa shape index (κ1) is 30.0. The second-order valence-corrected chi connectivity index (χ2v) is 13.2. The second kappa shape index (κ2) is 12.5. The lowest BCUT2D eigenvalue weighted by atomic mass is 9.88. The average molecular weight is 664 g/mol. The summed E-state index contributed by atoms with van der Waals surface area (Å²) < 4.78 is 6.83. The number of para-hydroxylation sites is 3. The highest BCUT2D eigenvalue weighted by Gasteiger charge is 2.27. The van der Waals surface area contributed by atoms with Crippen LogP contribution in [0, 0.1) is 0 Å². The van der Waals surface area contributed by atoms with E-state index in [0.717, 1.165) is 61.1 Å². The van der Waals surface area contributed by atoms with Crippen molar-refractivity contribution >= 4 is 60.5 Å². The maximum Gasteiger partial charge on any atom is 0.159 e. The van der Waals surface area contributed by atoms with Crippen LogP contribution in [0.2, 0.25) is 0 Å². The molecule has 0 amide bonds. The van der Waals surface area contributed by atoms with Crippen LogP contribution >= 0.6 is 0 Å². The fourth-order valence-electron chi connectivity index (χ4n) is 7.94. The van der Waals surface area contributed by atoms with Crippen LogP contribution in [0.1, 0.15) is 0 Å². The van der Waals surface area contributed by atoms with Crippen molar-refractivity contribution < 1.29 is 4.42 Å². The molecular weight excluding hydrogens is 631 g/mol. The zero-order valence-electron chi connectivity index (χ0n) is 28.4. The van der Waals surface area contributed by atoms with Crippen LogP contribution in [0.15, 0.2) is 205 Å². The third kappa shape index (κ3) is 4.88. The molecule has 9 aromatic carbocycles. The third-order valence-electron chi connectivity index (χ3n) is 10.2. The minimum Gasteiger partial charge on any atom is -0.454 e. The van der Waals surface area contributed by atoms with Gasteiger partial charge in [0, 0.05) is 27.3 Å². The number of fused-ring (bicyclic) bond motifs is 6. The van der Waals surface area contributed by atoms with Crippen molar-refractivity contribution in [3.63, 3.8) is 0 Å². The summed E-state index contributed by atoms with van der Waals surface area (Å²) in [5.74, 6) is 0. The van der Waals surface area contributed by atoms with Gasteiger partial charge in [-0.2, -0.15) is 0 Å². The number of hydrogen-bond acceptors (Lipinski definition) is 2. The monoisotopic (exact) mass is 663 g/mol. The van der Waals surface area contributed by atoms with Crippen molar-refractivity contribution in [3.05, 3.63) is 200 Å². The summed E-state index contributed by atoms with van der Waals surface area (Å²) >= 11 is 0. The zero-order chi connectivity index (χ0) is 34.4. The van der Waals surface area contributed by atoms with Crippen molar-refractivity contribution in [1.29, 1.82) is 0 Å². The molecule has 244 valence electrons. The van der Waals surface area contributed by atoms with Gasteiger partial charge in [-0.15, -0.1) is 0 Å². The van der Waals surface area contributed by atoms with Gasteiger partial charge in [0.2, 0.25) is 0 Å². The number of hydrogen-bond donors (Lipinski definition) is 0. The second-order valence-electron chi connectivity index (χ2n) is 13.2. The van der Waals surface area contributed by atoms with E-state index in [1.165, 1.54) is 32.8 Å². The molecule has 0 saturated carbocycles. The van der Waals surface area contributed by atoms with E-state index < -0.39 is 0 Å². The van der Waals surface area contributed by atoms with Crippen molar-refractivity contribution in [2.45, 2.75) is 0 Å². The Kier molecular flexibility index (Phi) is 7.18. The molecule has 0 spiro atoms. The van der Waals surface area contributed by atoms with Crippen molar-refractivity contribution in [3.8, 4) is 33.4 Å². The zero-order valence-corrected chi connectivity index (χ0v) is 28.4. The van der Waals surface area contributed by atoms with Gasteiger partial charge in [0.15, 0.2) is 5.58 Å². The lowest BCUT2D eigenvalue weighted by Gasteiger charge is -2.32. The Labute approximate surface area is 302 Å². The van der Waals surface area contributed by atoms with Gasteiger partial charge >= 0.3 is 0 Å². The Hall–Kier alpha value is -6.90. The lowest BCUT2D eigenvalue weighted by Crippen LogP contribution is -2.14. The van der Waals surface area contributed by atoms with E-state index in [2.05, 4.69) is 199 Å². The van der Waals surface area contributed by atoms with E-state index >= 15 is 0 Å². The summed E-state index contributed by atoms with van der Waals surface area (Å²) in [5, 5.41) is 6.98. The van der Waals surface area contributed by atoms with Gasteiger partial charge in [-0.05, 0) is 62.7 Å². The average Bonchev–Trinajstić information content (AvgIpc) is 3.61. The molecular formula is C50H33NO. The summed E-state index contributed by atoms with van der Waals surface area (Å²) in [4.78, 5) is 2.46. The van der Waals surface area contributed by atoms with Crippen LogP contribution in [0.4, 0.5) is 17.1 Å². The summed E-state index contributed by atoms with van der Waals surface area (Å²) in [6.07, 6.45) is 0. The minimum atomic E-state index is 0.854. The summed E-state index contributed by atoms with van der Waals surface area (Å²) in [5.41, 5.74) is 11.9. The number of nitrogens with zero attached hydrogens (tertiary/aromatic N) is 1. The molecule has 2 heteroatoms. The fraction of sp³-hybridized carbons (Fsp3) is 0. The fourth-order valence-corrected chi connectivity index (χ4v) is 7.94. The molecule has 0 bridgehead atoms. The summed E-state index contributed by atoms with van der Waals surface area (Å²) in [6, 6.07) is 71.7. The first-order valence-corrected chi connectivity index (χ1v) is 17.8. The van der Waals surface area contributed by atoms with Gasteiger partial charge in [-0.3, -0.25) is 0 Å². The minimum absolute atomic E-state index is 0.854. The smallest absolute Gasteiger partial charge is 0.159 e. The lowest BCUT2D eigenvalue weighted by molar-refractivity contribution is 0.669. The molecule has 0 aliphatic heterocycles. The van der Waals surface area contributed by atoms with Crippen molar-refractivity contribution in [2.24, 2.45) is 0 Å². The summed E-state index contributed by atoms with van der Waals surface area (Å²) in [7, 11) is 0. The first-order chi connectivity index (χ1) is 25.8. The van der Waals surface area contributed by atoms with Gasteiger partial charge in [0.05, 0.1) is 17.1 Å². The molecule has 52 heavy (non-hydrogen) atoms. The molecule has 0 aliphatic rings. The first-order valence-electron chi connectivity index (χ1n) is 17.8. The van der Waals surface area contributed by atoms with Crippen molar-refractivity contribution in [2.75, 3.05) is 4.90 Å². The Morgan fingerprint density at radius 3 is 1.63 bits per heavy atom. The maximum atomic E-state index is 6.83. The van der Waals surface area contributed by atoms with E-state index in [1.54, 1.807) is 0 Å². The van der Waals surface area contributed by atoms with Crippen molar-refractivity contribution in [1.82, 2.24) is 0 Å². The van der Waals surface area contributed by atoms with E-state index in [0.29, 0.717) is 0 Å². The Bertz CT molecular complexity index is 2910. The summed E-state index contributed by atoms with van der Waals surface area (Å²) in [6.45, 7) is 0. The predicted octanol–water partition coefficient (Wildman–Crippen LogP) is 14.4. The topological polar surface area (TPSA) is 16.4 Å². The van der Waals surface area contributed by atoms with E-state index in [9.17, 15) is 0 Å². The van der Waals surface area contributed by atoms with Crippen LogP contribution in [-0.4, -0.2) is 0 Å². The largest absolute Gasteiger partial charge is 0.454 e. The molecule has 0 unspecified atom stereocenters. The van der Waals surface area contributed by atoms with Crippen LogP contribution < -0.4 is 4.90 Å². The van der Waals surface area contributed by atoms with Gasteiger partial charge in [-0.1, -0.05) is 176 Å². The number of benzene rings is 9. The molecule has 0 atom stereocenters. The Balaban J connectivity index is 1.39. The highest BCUT2D eigenvalue weighted by Crippen LogP contribution is 2.53. The highest BCUT2D eigenvalue weighted by atomic mass is 16.3. The third-order valence-corrected chi connectivity index (χ3v) is 10.2. The SMILES string of the molecule is c1ccc(-c2cccc(-c3c(N(c4ccccc4-c4ccccc4)c4cccc5c4oc4ccccc45)c4ccccc4c4ccccc34)c2)cc1. The van der Waals surface area contributed by atoms with Gasteiger partial charge in [0.1, 0.15) is 5.58 Å². The van der Waals surface area contributed by atoms with Gasteiger partial charge < -0.3 is 9.32 Å². The van der Waals surface area contributed by atoms with Crippen LogP contribution in [0.3, 0.4) is 0 Å². The molecule has 0 fully saturated rings. The van der Waals surface area contributed by atoms with Crippen LogP contribution in [0.5, 0.6) is 0 Å². The number of rotatable bonds is 6. The highest BCUT2D eigenvalue weighted by molar-refractivity contribution is 6.24. The Morgan fingerprint density at radius 2 is 0.846 bits per heavy atom. The number of furan rings is 1. The number of anilines is 3. The van der Waals surface area contributed by atoms with E-state index in [-0.39, 0.29) is 0 Å². The van der Waals surface area contributed by atoms with Gasteiger partial charge in [0.25, 0.3) is 0 Å². The molecule has 1 heterocycles. The molecule has 1 aromatic heterocycles. The molecule has 10 aromatic rings. The van der Waals surface area contributed by atoms with E-state index in [4.69, 9.17) is 4.42 Å². The Morgan fingerprint density at radius 1 is 0.327 bits per heavy atom. The maximum absolute atomic E-state index is 6.83. The van der Waals surface area contributed by atoms with E-state index in [1.807, 2.05) is 6.07 Å². The standard InChI is InChI=1S/C50H33NO/c1-3-17-34(18-4-1)36-21-15-22-37(33-36)48-42-27-9-7-24-39(42)40-25-8-10-28-43(40)49(48)51(45-30-13-11-23-38(45)35-19-5-2-6-20-35)46-31-16-29-44-41-26-12-14-32-47(41)52-50(44)46/h1-33H. The molecule has 0 radical (unpaired) electrons. The quantitative estimate of drug-likeness (QED) is 0.165. The predicted molar refractivity (Wildman–Crippen MR) is 220 cm³/mol.